The zero-order valence-corrected chi connectivity index (χ0v) is 14.6. The zero-order chi connectivity index (χ0) is 16.0. The predicted octanol–water partition coefficient (Wildman–Crippen LogP) is 3.98. The minimum Gasteiger partial charge on any atom is -0.396 e. The van der Waals surface area contributed by atoms with Gasteiger partial charge >= 0.3 is 0 Å². The summed E-state index contributed by atoms with van der Waals surface area (Å²) in [7, 11) is 0. The number of rotatable bonds is 1. The monoisotopic (exact) mass is 314 g/mol. The van der Waals surface area contributed by atoms with Crippen molar-refractivity contribution in [3.05, 3.63) is 11.6 Å². The van der Waals surface area contributed by atoms with Crippen LogP contribution in [0.3, 0.4) is 0 Å². The van der Waals surface area contributed by atoms with Gasteiger partial charge in [0.25, 0.3) is 0 Å². The molecule has 23 heavy (non-hydrogen) atoms. The van der Waals surface area contributed by atoms with E-state index in [2.05, 4.69) is 13.8 Å². The molecule has 5 aliphatic carbocycles. The van der Waals surface area contributed by atoms with Crippen molar-refractivity contribution in [1.29, 1.82) is 0 Å². The highest BCUT2D eigenvalue weighted by atomic mass is 16.3. The summed E-state index contributed by atoms with van der Waals surface area (Å²) < 4.78 is 0. The van der Waals surface area contributed by atoms with Crippen LogP contribution in [-0.2, 0) is 4.79 Å². The Labute approximate surface area is 139 Å². The molecule has 2 nitrogen and oxygen atoms in total. The van der Waals surface area contributed by atoms with Crippen LogP contribution in [0, 0.1) is 46.3 Å². The van der Waals surface area contributed by atoms with Crippen LogP contribution in [0.15, 0.2) is 11.6 Å². The van der Waals surface area contributed by atoms with E-state index >= 15 is 0 Å². The van der Waals surface area contributed by atoms with Gasteiger partial charge in [-0.3, -0.25) is 4.79 Å². The van der Waals surface area contributed by atoms with Gasteiger partial charge in [0.05, 0.1) is 0 Å². The standard InChI is InChI=1S/C21H30O2/c1-12-7-13-8-16(23)3-4-17(13)18-5-6-20(2)15(11-22)9-14-10-21(14,20)19(12)18/h8,12,14-15,17-19,22H,3-7,9-11H2,1-2H3/t12?,14?,15?,17-,18+,19+,20+,21-/m0/s1. The Morgan fingerprint density at radius 3 is 2.96 bits per heavy atom. The van der Waals surface area contributed by atoms with Crippen LogP contribution in [0.25, 0.3) is 0 Å². The molecule has 4 saturated carbocycles. The molecule has 5 aliphatic rings. The second-order valence-electron chi connectivity index (χ2n) is 9.71. The molecule has 8 atom stereocenters. The van der Waals surface area contributed by atoms with Gasteiger partial charge in [0.1, 0.15) is 0 Å². The molecular weight excluding hydrogens is 284 g/mol. The molecule has 4 fully saturated rings. The molecule has 0 amide bonds. The smallest absolute Gasteiger partial charge is 0.155 e. The molecule has 3 unspecified atom stereocenters. The number of hydrogen-bond donors (Lipinski definition) is 1. The van der Waals surface area contributed by atoms with Crippen LogP contribution in [-0.4, -0.2) is 17.5 Å². The summed E-state index contributed by atoms with van der Waals surface area (Å²) in [5.41, 5.74) is 2.41. The summed E-state index contributed by atoms with van der Waals surface area (Å²) in [6.07, 6.45) is 10.4. The third-order valence-electron chi connectivity index (χ3n) is 9.17. The fourth-order valence-electron chi connectivity index (χ4n) is 8.30. The maximum atomic E-state index is 11.9. The first-order valence-corrected chi connectivity index (χ1v) is 9.85. The number of aliphatic hydroxyl groups is 1. The SMILES string of the molecule is CC1CC2=CC(=O)CC[C@@H]2[C@H]2CC[C@]3(C)C(CO)CC4C[C@@]43[C@H]12. The number of carbonyl (C=O) groups excluding carboxylic acids is 1. The number of hydrogen-bond acceptors (Lipinski definition) is 2. The van der Waals surface area contributed by atoms with E-state index in [1.807, 2.05) is 6.08 Å². The van der Waals surface area contributed by atoms with Crippen LogP contribution >= 0.6 is 0 Å². The van der Waals surface area contributed by atoms with Crippen molar-refractivity contribution < 1.29 is 9.90 Å². The lowest BCUT2D eigenvalue weighted by Crippen LogP contribution is -2.52. The molecule has 0 heterocycles. The highest BCUT2D eigenvalue weighted by molar-refractivity contribution is 5.91. The number of aliphatic hydroxyl groups excluding tert-OH is 1. The number of allylic oxidation sites excluding steroid dienone is 1. The summed E-state index contributed by atoms with van der Waals surface area (Å²) in [6.45, 7) is 5.36. The van der Waals surface area contributed by atoms with Crippen molar-refractivity contribution in [2.75, 3.05) is 6.61 Å². The minimum absolute atomic E-state index is 0.367. The van der Waals surface area contributed by atoms with E-state index in [-0.39, 0.29) is 0 Å². The Hall–Kier alpha value is -0.630. The molecule has 0 bridgehead atoms. The fraction of sp³-hybridized carbons (Fsp3) is 0.857. The molecule has 1 N–H and O–H groups in total. The molecule has 0 aromatic rings. The average molecular weight is 314 g/mol. The second kappa shape index (κ2) is 4.50. The lowest BCUT2D eigenvalue weighted by Gasteiger charge is -2.58. The van der Waals surface area contributed by atoms with E-state index in [1.165, 1.54) is 31.3 Å². The second-order valence-corrected chi connectivity index (χ2v) is 9.71. The number of ketones is 1. The highest BCUT2D eigenvalue weighted by Gasteiger charge is 2.77. The fourth-order valence-corrected chi connectivity index (χ4v) is 8.30. The molecule has 1 spiro atoms. The summed E-state index contributed by atoms with van der Waals surface area (Å²) in [5.74, 6) is 4.87. The van der Waals surface area contributed by atoms with Crippen molar-refractivity contribution in [1.82, 2.24) is 0 Å². The van der Waals surface area contributed by atoms with Gasteiger partial charge in [0.2, 0.25) is 0 Å². The van der Waals surface area contributed by atoms with Crippen LogP contribution in [0.1, 0.15) is 58.8 Å². The molecular formula is C21H30O2. The van der Waals surface area contributed by atoms with Gasteiger partial charge in [-0.1, -0.05) is 19.4 Å². The lowest BCUT2D eigenvalue weighted by molar-refractivity contribution is -0.117. The minimum atomic E-state index is 0.367. The van der Waals surface area contributed by atoms with E-state index in [1.54, 1.807) is 0 Å². The third kappa shape index (κ3) is 1.62. The third-order valence-corrected chi connectivity index (χ3v) is 9.17. The summed E-state index contributed by atoms with van der Waals surface area (Å²) in [5, 5.41) is 9.94. The first-order chi connectivity index (χ1) is 11.0. The van der Waals surface area contributed by atoms with Gasteiger partial charge in [-0.2, -0.15) is 0 Å². The molecule has 5 rings (SSSR count). The van der Waals surface area contributed by atoms with Gasteiger partial charge in [0.15, 0.2) is 5.78 Å². The van der Waals surface area contributed by atoms with Crippen LogP contribution in [0.5, 0.6) is 0 Å². The first kappa shape index (κ1) is 14.7. The Bertz CT molecular complexity index is 593. The lowest BCUT2D eigenvalue weighted by atomic mass is 9.46. The van der Waals surface area contributed by atoms with Gasteiger partial charge in [0, 0.05) is 13.0 Å². The Morgan fingerprint density at radius 1 is 1.35 bits per heavy atom. The van der Waals surface area contributed by atoms with E-state index in [0.29, 0.717) is 35.1 Å². The quantitative estimate of drug-likeness (QED) is 0.795. The number of fused-ring (bicyclic) bond motifs is 3. The summed E-state index contributed by atoms with van der Waals surface area (Å²) in [4.78, 5) is 11.9. The molecule has 0 aromatic carbocycles. The predicted molar refractivity (Wildman–Crippen MR) is 89.6 cm³/mol. The van der Waals surface area contributed by atoms with Gasteiger partial charge in [-0.15, -0.1) is 0 Å². The van der Waals surface area contributed by atoms with Gasteiger partial charge in [-0.25, -0.2) is 0 Å². The molecule has 0 saturated heterocycles. The summed E-state index contributed by atoms with van der Waals surface area (Å²) >= 11 is 0. The van der Waals surface area contributed by atoms with Crippen molar-refractivity contribution in [3.63, 3.8) is 0 Å². The molecule has 0 aliphatic heterocycles. The Morgan fingerprint density at radius 2 is 2.17 bits per heavy atom. The summed E-state index contributed by atoms with van der Waals surface area (Å²) in [6, 6.07) is 0. The van der Waals surface area contributed by atoms with Crippen molar-refractivity contribution in [2.45, 2.75) is 58.8 Å². The zero-order valence-electron chi connectivity index (χ0n) is 14.6. The van der Waals surface area contributed by atoms with Crippen LogP contribution in [0.4, 0.5) is 0 Å². The highest BCUT2D eigenvalue weighted by Crippen LogP contribution is 2.83. The van der Waals surface area contributed by atoms with Crippen molar-refractivity contribution in [2.24, 2.45) is 46.3 Å². The topological polar surface area (TPSA) is 37.3 Å². The Kier molecular flexibility index (Phi) is 2.88. The van der Waals surface area contributed by atoms with Gasteiger partial charge < -0.3 is 5.11 Å². The van der Waals surface area contributed by atoms with E-state index in [9.17, 15) is 9.90 Å². The molecule has 2 heteroatoms. The van der Waals surface area contributed by atoms with Crippen LogP contribution in [0.2, 0.25) is 0 Å². The Balaban J connectivity index is 1.55. The van der Waals surface area contributed by atoms with Gasteiger partial charge in [-0.05, 0) is 90.9 Å². The average Bonchev–Trinajstić information content (AvgIpc) is 3.17. The van der Waals surface area contributed by atoms with Crippen LogP contribution < -0.4 is 0 Å². The molecule has 0 aromatic heterocycles. The normalized spacial score (nSPS) is 57.0. The van der Waals surface area contributed by atoms with Crippen molar-refractivity contribution in [3.8, 4) is 0 Å². The molecule has 126 valence electrons. The van der Waals surface area contributed by atoms with E-state index in [0.717, 1.165) is 42.9 Å². The largest absolute Gasteiger partial charge is 0.396 e. The maximum Gasteiger partial charge on any atom is 0.155 e. The first-order valence-electron chi connectivity index (χ1n) is 9.85. The molecule has 0 radical (unpaired) electrons. The van der Waals surface area contributed by atoms with E-state index < -0.39 is 0 Å². The maximum absolute atomic E-state index is 11.9. The van der Waals surface area contributed by atoms with Crippen molar-refractivity contribution >= 4 is 5.78 Å². The number of carbonyl (C=O) groups is 1. The van der Waals surface area contributed by atoms with E-state index in [4.69, 9.17) is 0 Å².